The van der Waals surface area contributed by atoms with Crippen LogP contribution in [0.3, 0.4) is 0 Å². The molecule has 2 aliphatic heterocycles. The summed E-state index contributed by atoms with van der Waals surface area (Å²) in [5.74, 6) is -0.945. The van der Waals surface area contributed by atoms with Crippen molar-refractivity contribution in [3.05, 3.63) is 45.0 Å². The van der Waals surface area contributed by atoms with Gasteiger partial charge in [-0.05, 0) is 79.6 Å². The van der Waals surface area contributed by atoms with Gasteiger partial charge in [-0.3, -0.25) is 4.57 Å². The third-order valence-corrected chi connectivity index (χ3v) is 6.85. The maximum atomic E-state index is 12.8. The van der Waals surface area contributed by atoms with Crippen LogP contribution in [-0.2, 0) is 30.3 Å². The van der Waals surface area contributed by atoms with Crippen molar-refractivity contribution in [3.63, 3.8) is 0 Å². The number of nitrogens with zero attached hydrogens (tertiary/aromatic N) is 4. The van der Waals surface area contributed by atoms with Gasteiger partial charge < -0.3 is 24.3 Å². The summed E-state index contributed by atoms with van der Waals surface area (Å²) in [4.78, 5) is 26.1. The summed E-state index contributed by atoms with van der Waals surface area (Å²) in [7, 11) is 0. The molecule has 1 aromatic carbocycles. The lowest BCUT2D eigenvalue weighted by molar-refractivity contribution is -0.216. The Hall–Kier alpha value is -2.06. The maximum Gasteiger partial charge on any atom is 0.338 e. The zero-order chi connectivity index (χ0) is 25.0. The average molecular weight is 614 g/mol. The van der Waals surface area contributed by atoms with Gasteiger partial charge in [0.15, 0.2) is 35.1 Å². The second kappa shape index (κ2) is 9.11. The lowest BCUT2D eigenvalue weighted by atomic mass is 9.94. The van der Waals surface area contributed by atoms with Crippen molar-refractivity contribution in [3.8, 4) is 0 Å². The molecule has 5 rings (SSSR count). The number of rotatable bonds is 6. The molecule has 4 heterocycles. The van der Waals surface area contributed by atoms with Gasteiger partial charge in [0.1, 0.15) is 11.7 Å². The van der Waals surface area contributed by atoms with Gasteiger partial charge in [-0.15, -0.1) is 0 Å². The fourth-order valence-corrected chi connectivity index (χ4v) is 5.45. The number of carbonyl (C=O) groups is 1. The first-order valence-corrected chi connectivity index (χ1v) is 12.7. The Bertz CT molecular complexity index is 1290. The highest BCUT2D eigenvalue weighted by molar-refractivity contribution is 14.1. The molecule has 35 heavy (non-hydrogen) atoms. The number of ether oxygens (including phenoxy) is 4. The molecule has 0 unspecified atom stereocenters. The molecule has 2 fully saturated rings. The van der Waals surface area contributed by atoms with E-state index in [0.717, 1.165) is 9.13 Å². The van der Waals surface area contributed by atoms with E-state index < -0.39 is 35.8 Å². The number of carbonyl (C=O) groups excluding carboxylic acids is 1. The van der Waals surface area contributed by atoms with Gasteiger partial charge in [-0.1, -0.05) is 12.1 Å². The second-order valence-corrected chi connectivity index (χ2v) is 10.6. The molecule has 0 aliphatic carbocycles. The van der Waals surface area contributed by atoms with E-state index >= 15 is 0 Å². The molecule has 0 radical (unpaired) electrons. The van der Waals surface area contributed by atoms with Gasteiger partial charge in [0.2, 0.25) is 5.28 Å². The van der Waals surface area contributed by atoms with Crippen molar-refractivity contribution < 1.29 is 23.7 Å². The van der Waals surface area contributed by atoms with Crippen LogP contribution in [0.5, 0.6) is 0 Å². The highest BCUT2D eigenvalue weighted by Crippen LogP contribution is 2.51. The van der Waals surface area contributed by atoms with Crippen LogP contribution in [0.2, 0.25) is 5.28 Å². The second-order valence-electron chi connectivity index (χ2n) is 9.03. The van der Waals surface area contributed by atoms with E-state index in [9.17, 15) is 4.79 Å². The molecule has 1 N–H and O–H groups in total. The van der Waals surface area contributed by atoms with Crippen molar-refractivity contribution in [2.75, 3.05) is 11.9 Å². The Balaban J connectivity index is 1.50. The topological polar surface area (TPSA) is 110 Å². The third-order valence-electron chi connectivity index (χ3n) is 6.01. The Morgan fingerprint density at radius 3 is 2.86 bits per heavy atom. The minimum Gasteiger partial charge on any atom is -0.464 e. The SMILES string of the molecule is CCOC(=O)[C@H]1O[C@@H](n2cnc3c(NCc4cccc(I)c4)nc(Cl)nc32)[C@@H]2OC(C)(C)O[C@]12C. The number of nitrogens with one attached hydrogen (secondary N) is 1. The van der Waals surface area contributed by atoms with Gasteiger partial charge in [0.05, 0.1) is 12.9 Å². The number of halogens is 2. The number of anilines is 1. The van der Waals surface area contributed by atoms with Crippen molar-refractivity contribution >= 4 is 57.1 Å². The van der Waals surface area contributed by atoms with Gasteiger partial charge in [-0.2, -0.15) is 9.97 Å². The number of imidazole rings is 1. The van der Waals surface area contributed by atoms with Crippen LogP contribution < -0.4 is 5.32 Å². The van der Waals surface area contributed by atoms with Gasteiger partial charge in [-0.25, -0.2) is 9.78 Å². The van der Waals surface area contributed by atoms with E-state index in [1.807, 2.05) is 18.2 Å². The number of hydrogen-bond acceptors (Lipinski definition) is 9. The van der Waals surface area contributed by atoms with Crippen LogP contribution in [0, 0.1) is 3.57 Å². The number of fused-ring (bicyclic) bond motifs is 2. The minimum absolute atomic E-state index is 0.0519. The summed E-state index contributed by atoms with van der Waals surface area (Å²) in [6.45, 7) is 7.89. The van der Waals surface area contributed by atoms with Crippen LogP contribution in [0.15, 0.2) is 30.6 Å². The van der Waals surface area contributed by atoms with Crippen LogP contribution in [0.25, 0.3) is 11.2 Å². The Labute approximate surface area is 220 Å². The molecule has 3 aromatic rings. The summed E-state index contributed by atoms with van der Waals surface area (Å²) in [6.07, 6.45) is -0.789. The summed E-state index contributed by atoms with van der Waals surface area (Å²) >= 11 is 8.57. The minimum atomic E-state index is -1.07. The van der Waals surface area contributed by atoms with Crippen LogP contribution in [-0.4, -0.2) is 55.7 Å². The highest BCUT2D eigenvalue weighted by atomic mass is 127. The molecule has 2 aliphatic rings. The molecule has 4 atom stereocenters. The fraction of sp³-hybridized carbons (Fsp3) is 0.478. The predicted molar refractivity (Wildman–Crippen MR) is 136 cm³/mol. The lowest BCUT2D eigenvalue weighted by Gasteiger charge is -2.27. The first-order chi connectivity index (χ1) is 16.6. The molecule has 12 heteroatoms. The standard InChI is InChI=1S/C23H25ClIN5O5/c1-5-32-20(31)16-23(4)15(34-22(2,3)35-23)19(33-16)30-11-27-14-17(28-21(24)29-18(14)30)26-10-12-7-6-8-13(25)9-12/h6-9,11,15-16,19H,5,10H2,1-4H3,(H,26,28,29)/t15-,16+,19+,23-/m0/s1. The molecule has 0 spiro atoms. The fourth-order valence-electron chi connectivity index (χ4n) is 4.68. The molecule has 186 valence electrons. The molecule has 0 amide bonds. The average Bonchev–Trinajstić information content (AvgIpc) is 3.38. The summed E-state index contributed by atoms with van der Waals surface area (Å²) in [5.41, 5.74) is 0.979. The van der Waals surface area contributed by atoms with Gasteiger partial charge in [0.25, 0.3) is 0 Å². The lowest BCUT2D eigenvalue weighted by Crippen LogP contribution is -2.47. The first kappa shape index (κ1) is 24.6. The van der Waals surface area contributed by atoms with Crippen LogP contribution in [0.4, 0.5) is 5.82 Å². The Morgan fingerprint density at radius 1 is 1.31 bits per heavy atom. The van der Waals surface area contributed by atoms with Crippen molar-refractivity contribution in [2.45, 2.75) is 64.1 Å². The Morgan fingerprint density at radius 2 is 2.11 bits per heavy atom. The summed E-state index contributed by atoms with van der Waals surface area (Å²) < 4.78 is 26.7. The number of hydrogen-bond donors (Lipinski definition) is 1. The monoisotopic (exact) mass is 613 g/mol. The molecular formula is C23H25ClIN5O5. The molecule has 2 aromatic heterocycles. The quantitative estimate of drug-likeness (QED) is 0.250. The number of aromatic nitrogens is 4. The van der Waals surface area contributed by atoms with E-state index in [2.05, 4.69) is 48.9 Å². The molecule has 0 bridgehead atoms. The Kier molecular flexibility index (Phi) is 6.41. The van der Waals surface area contributed by atoms with Crippen LogP contribution >= 0.6 is 34.2 Å². The highest BCUT2D eigenvalue weighted by Gasteiger charge is 2.66. The largest absolute Gasteiger partial charge is 0.464 e. The van der Waals surface area contributed by atoms with Crippen molar-refractivity contribution in [1.29, 1.82) is 0 Å². The molecule has 10 nitrogen and oxygen atoms in total. The predicted octanol–water partition coefficient (Wildman–Crippen LogP) is 4.07. The van der Waals surface area contributed by atoms with E-state index in [1.165, 1.54) is 0 Å². The molecule has 2 saturated heterocycles. The van der Waals surface area contributed by atoms with Crippen molar-refractivity contribution in [1.82, 2.24) is 19.5 Å². The van der Waals surface area contributed by atoms with E-state index in [4.69, 9.17) is 30.5 Å². The van der Waals surface area contributed by atoms with Gasteiger partial charge >= 0.3 is 5.97 Å². The summed E-state index contributed by atoms with van der Waals surface area (Å²) in [6, 6.07) is 8.12. The van der Waals surface area contributed by atoms with Gasteiger partial charge in [0, 0.05) is 10.1 Å². The third kappa shape index (κ3) is 4.48. The molecule has 0 saturated carbocycles. The summed E-state index contributed by atoms with van der Waals surface area (Å²) in [5, 5.41) is 3.35. The maximum absolute atomic E-state index is 12.8. The first-order valence-electron chi connectivity index (χ1n) is 11.2. The normalized spacial score (nSPS) is 27.2. The zero-order valence-electron chi connectivity index (χ0n) is 19.6. The van der Waals surface area contributed by atoms with Crippen molar-refractivity contribution in [2.24, 2.45) is 0 Å². The molecular weight excluding hydrogens is 589 g/mol. The van der Waals surface area contributed by atoms with E-state index in [1.54, 1.807) is 38.6 Å². The number of esters is 1. The smallest absolute Gasteiger partial charge is 0.338 e. The van der Waals surface area contributed by atoms with E-state index in [0.29, 0.717) is 23.5 Å². The zero-order valence-corrected chi connectivity index (χ0v) is 22.5. The number of benzene rings is 1. The van der Waals surface area contributed by atoms with E-state index in [-0.39, 0.29) is 11.9 Å². The van der Waals surface area contributed by atoms with Crippen LogP contribution in [0.1, 0.15) is 39.5 Å².